The molecule has 0 nitrogen and oxygen atoms in total. The Bertz CT molecular complexity index is 156. The van der Waals surface area contributed by atoms with Gasteiger partial charge in [0.05, 0.1) is 0 Å². The number of hydrogen-bond donors (Lipinski definition) is 0. The summed E-state index contributed by atoms with van der Waals surface area (Å²) in [5.41, 5.74) is 1.64. The Balaban J connectivity index is 4.11. The highest BCUT2D eigenvalue weighted by atomic mass is 35.5. The number of hydrogen-bond acceptors (Lipinski definition) is 0. The van der Waals surface area contributed by atoms with Gasteiger partial charge >= 0.3 is 0 Å². The van der Waals surface area contributed by atoms with Crippen LogP contribution in [0, 0.1) is 0 Å². The maximum atomic E-state index is 12.2. The van der Waals surface area contributed by atoms with E-state index in [2.05, 4.69) is 6.58 Å². The SMILES string of the molecule is C=C/C(C)=C\C(F)=C\Cl. The molecule has 0 bridgehead atoms. The molecule has 0 fully saturated rings. The molecule has 9 heavy (non-hydrogen) atoms. The summed E-state index contributed by atoms with van der Waals surface area (Å²) in [7, 11) is 0. The second-order valence-electron chi connectivity index (χ2n) is 1.59. The van der Waals surface area contributed by atoms with Gasteiger partial charge in [-0.15, -0.1) is 0 Å². The average molecular weight is 147 g/mol. The van der Waals surface area contributed by atoms with E-state index < -0.39 is 5.83 Å². The molecule has 0 aromatic carbocycles. The third kappa shape index (κ3) is 3.98. The van der Waals surface area contributed by atoms with Crippen LogP contribution in [0.15, 0.2) is 35.7 Å². The van der Waals surface area contributed by atoms with E-state index in [0.29, 0.717) is 0 Å². The summed E-state index contributed by atoms with van der Waals surface area (Å²) in [6.45, 7) is 5.19. The van der Waals surface area contributed by atoms with Crippen molar-refractivity contribution in [1.29, 1.82) is 0 Å². The summed E-state index contributed by atoms with van der Waals surface area (Å²) in [6, 6.07) is 0. The Morgan fingerprint density at radius 3 is 2.56 bits per heavy atom. The van der Waals surface area contributed by atoms with Crippen molar-refractivity contribution in [3.8, 4) is 0 Å². The fourth-order valence-corrected chi connectivity index (χ4v) is 0.371. The van der Waals surface area contributed by atoms with Crippen molar-refractivity contribution in [2.45, 2.75) is 6.92 Å². The van der Waals surface area contributed by atoms with Gasteiger partial charge in [0.25, 0.3) is 0 Å². The fraction of sp³-hybridized carbons (Fsp3) is 0.143. The summed E-state index contributed by atoms with van der Waals surface area (Å²) in [4.78, 5) is 0. The predicted octanol–water partition coefficient (Wildman–Crippen LogP) is 3.17. The van der Waals surface area contributed by atoms with Gasteiger partial charge in [0.15, 0.2) is 0 Å². The van der Waals surface area contributed by atoms with Gasteiger partial charge in [-0.25, -0.2) is 4.39 Å². The second kappa shape index (κ2) is 4.33. The van der Waals surface area contributed by atoms with Crippen LogP contribution in [0.4, 0.5) is 4.39 Å². The van der Waals surface area contributed by atoms with E-state index in [-0.39, 0.29) is 0 Å². The molecule has 0 saturated heterocycles. The molecule has 0 aromatic heterocycles. The Labute approximate surface area is 59.3 Å². The first-order valence-corrected chi connectivity index (χ1v) is 2.91. The molecule has 0 amide bonds. The van der Waals surface area contributed by atoms with Gasteiger partial charge in [0, 0.05) is 5.54 Å². The van der Waals surface area contributed by atoms with Gasteiger partial charge in [-0.3, -0.25) is 0 Å². The normalized spacial score (nSPS) is 13.7. The quantitative estimate of drug-likeness (QED) is 0.525. The molecular weight excluding hydrogens is 139 g/mol. The molecule has 0 radical (unpaired) electrons. The standard InChI is InChI=1S/C7H8ClF/c1-3-6(2)4-7(9)5-8/h3-5H,1H2,2H3/b6-4-,7-5-. The van der Waals surface area contributed by atoms with E-state index in [0.717, 1.165) is 11.1 Å². The third-order valence-electron chi connectivity index (χ3n) is 0.792. The topological polar surface area (TPSA) is 0 Å². The van der Waals surface area contributed by atoms with Crippen LogP contribution in [-0.4, -0.2) is 0 Å². The highest BCUT2D eigenvalue weighted by Gasteiger charge is 1.85. The highest BCUT2D eigenvalue weighted by Crippen LogP contribution is 2.04. The van der Waals surface area contributed by atoms with Gasteiger partial charge in [0.2, 0.25) is 0 Å². The minimum absolute atomic E-state index is 0.450. The summed E-state index contributed by atoms with van der Waals surface area (Å²) < 4.78 is 12.2. The smallest absolute Gasteiger partial charge is 0.134 e. The largest absolute Gasteiger partial charge is 0.206 e. The van der Waals surface area contributed by atoms with Crippen LogP contribution in [0.2, 0.25) is 0 Å². The summed E-state index contributed by atoms with van der Waals surface area (Å²) in [6.07, 6.45) is 2.86. The predicted molar refractivity (Wildman–Crippen MR) is 39.0 cm³/mol. The van der Waals surface area contributed by atoms with E-state index in [4.69, 9.17) is 11.6 Å². The summed E-state index contributed by atoms with van der Waals surface area (Å²) in [5.74, 6) is -0.450. The van der Waals surface area contributed by atoms with Gasteiger partial charge in [0.1, 0.15) is 5.83 Å². The Morgan fingerprint density at radius 1 is 1.67 bits per heavy atom. The Morgan fingerprint density at radius 2 is 2.22 bits per heavy atom. The first-order chi connectivity index (χ1) is 4.20. The van der Waals surface area contributed by atoms with Crippen LogP contribution in [-0.2, 0) is 0 Å². The second-order valence-corrected chi connectivity index (χ2v) is 1.80. The van der Waals surface area contributed by atoms with Crippen molar-refractivity contribution >= 4 is 11.6 Å². The molecule has 0 aromatic rings. The zero-order valence-electron chi connectivity index (χ0n) is 5.20. The van der Waals surface area contributed by atoms with Crippen molar-refractivity contribution in [3.05, 3.63) is 35.7 Å². The van der Waals surface area contributed by atoms with Crippen LogP contribution in [0.3, 0.4) is 0 Å². The van der Waals surface area contributed by atoms with Crippen molar-refractivity contribution in [2.75, 3.05) is 0 Å². The van der Waals surface area contributed by atoms with E-state index >= 15 is 0 Å². The molecule has 0 spiro atoms. The van der Waals surface area contributed by atoms with E-state index in [1.54, 1.807) is 13.0 Å². The number of rotatable bonds is 2. The van der Waals surface area contributed by atoms with Crippen LogP contribution >= 0.6 is 11.6 Å². The lowest BCUT2D eigenvalue weighted by Crippen LogP contribution is -1.66. The molecule has 0 unspecified atom stereocenters. The van der Waals surface area contributed by atoms with Crippen LogP contribution in [0.1, 0.15) is 6.92 Å². The molecule has 0 aliphatic rings. The molecule has 0 heterocycles. The molecule has 0 aliphatic heterocycles. The van der Waals surface area contributed by atoms with E-state index in [1.165, 1.54) is 6.08 Å². The number of allylic oxidation sites excluding steroid dienone is 4. The summed E-state index contributed by atoms with van der Waals surface area (Å²) in [5, 5.41) is 0. The number of halogens is 2. The van der Waals surface area contributed by atoms with E-state index in [9.17, 15) is 4.39 Å². The average Bonchev–Trinajstić information content (AvgIpc) is 1.87. The lowest BCUT2D eigenvalue weighted by molar-refractivity contribution is 0.668. The molecule has 0 N–H and O–H groups in total. The molecule has 0 rings (SSSR count). The zero-order valence-corrected chi connectivity index (χ0v) is 5.95. The minimum atomic E-state index is -0.450. The molecular formula is C7H8ClF. The molecule has 2 heteroatoms. The monoisotopic (exact) mass is 146 g/mol. The molecule has 0 saturated carbocycles. The van der Waals surface area contributed by atoms with Gasteiger partial charge in [-0.2, -0.15) is 0 Å². The van der Waals surface area contributed by atoms with Gasteiger partial charge in [-0.05, 0) is 18.6 Å². The first kappa shape index (κ1) is 8.44. The lowest BCUT2D eigenvalue weighted by Gasteiger charge is -1.86. The maximum Gasteiger partial charge on any atom is 0.134 e. The lowest BCUT2D eigenvalue weighted by atomic mass is 10.3. The Kier molecular flexibility index (Phi) is 4.06. The zero-order chi connectivity index (χ0) is 7.28. The van der Waals surface area contributed by atoms with Crippen molar-refractivity contribution in [2.24, 2.45) is 0 Å². The van der Waals surface area contributed by atoms with Crippen LogP contribution in [0.25, 0.3) is 0 Å². The molecule has 50 valence electrons. The van der Waals surface area contributed by atoms with Crippen molar-refractivity contribution in [3.63, 3.8) is 0 Å². The molecule has 0 atom stereocenters. The van der Waals surface area contributed by atoms with E-state index in [1.807, 2.05) is 0 Å². The Hall–Kier alpha value is -0.560. The van der Waals surface area contributed by atoms with Crippen molar-refractivity contribution < 1.29 is 4.39 Å². The van der Waals surface area contributed by atoms with Crippen LogP contribution in [0.5, 0.6) is 0 Å². The highest BCUT2D eigenvalue weighted by molar-refractivity contribution is 6.25. The first-order valence-electron chi connectivity index (χ1n) is 2.47. The summed E-state index contributed by atoms with van der Waals surface area (Å²) >= 11 is 5.04. The van der Waals surface area contributed by atoms with Gasteiger partial charge in [-0.1, -0.05) is 24.3 Å². The fourth-order valence-electron chi connectivity index (χ4n) is 0.308. The van der Waals surface area contributed by atoms with Crippen molar-refractivity contribution in [1.82, 2.24) is 0 Å². The minimum Gasteiger partial charge on any atom is -0.206 e. The van der Waals surface area contributed by atoms with Crippen LogP contribution < -0.4 is 0 Å². The van der Waals surface area contributed by atoms with Gasteiger partial charge < -0.3 is 0 Å². The maximum absolute atomic E-state index is 12.2. The third-order valence-corrected chi connectivity index (χ3v) is 1.00. The molecule has 0 aliphatic carbocycles.